The Labute approximate surface area is 152 Å². The first-order chi connectivity index (χ1) is 12.5. The SMILES string of the molecule is CN1C[C@@H](O)N([C@@H]2O[C@H](C[OH+]COOCCCO)[C@@H](O)[C@@H]2O)C=CC1N. The van der Waals surface area contributed by atoms with Gasteiger partial charge in [0.15, 0.2) is 18.9 Å². The zero-order valence-electron chi connectivity index (χ0n) is 14.8. The van der Waals surface area contributed by atoms with Crippen LogP contribution in [-0.4, -0.2) is 112 Å². The number of β-amino-alcohol motifs (C(OH)–C–C–N with tert-alkyl or cyclic N) is 1. The lowest BCUT2D eigenvalue weighted by molar-refractivity contribution is -0.369. The van der Waals surface area contributed by atoms with Gasteiger partial charge in [-0.15, -0.1) is 0 Å². The average Bonchev–Trinajstić information content (AvgIpc) is 2.81. The molecule has 2 aliphatic heterocycles. The van der Waals surface area contributed by atoms with Crippen LogP contribution in [0.15, 0.2) is 12.3 Å². The molecule has 2 aliphatic rings. The van der Waals surface area contributed by atoms with E-state index in [1.54, 1.807) is 24.2 Å². The Morgan fingerprint density at radius 2 is 2.04 bits per heavy atom. The Kier molecular flexibility index (Phi) is 8.63. The minimum Gasteiger partial charge on any atom is -0.408 e. The number of aliphatic hydroxyl groups is 6. The molecule has 1 fully saturated rings. The summed E-state index contributed by atoms with van der Waals surface area (Å²) >= 11 is 0. The van der Waals surface area contributed by atoms with E-state index < -0.39 is 30.8 Å². The normalized spacial score (nSPS) is 35.8. The van der Waals surface area contributed by atoms with Crippen LogP contribution in [0.2, 0.25) is 0 Å². The Morgan fingerprint density at radius 1 is 1.27 bits per heavy atom. The van der Waals surface area contributed by atoms with Crippen molar-refractivity contribution < 1.29 is 39.7 Å². The topological polar surface area (TPSA) is 154 Å². The average molecular weight is 380 g/mol. The summed E-state index contributed by atoms with van der Waals surface area (Å²) in [6, 6.07) is 0. The first kappa shape index (κ1) is 21.4. The molecule has 0 aromatic heterocycles. The van der Waals surface area contributed by atoms with Crippen molar-refractivity contribution >= 4 is 0 Å². The Balaban J connectivity index is 1.82. The molecule has 0 bridgehead atoms. The fourth-order valence-corrected chi connectivity index (χ4v) is 2.73. The molecular weight excluding hydrogens is 350 g/mol. The van der Waals surface area contributed by atoms with Crippen molar-refractivity contribution in [3.63, 3.8) is 0 Å². The summed E-state index contributed by atoms with van der Waals surface area (Å²) in [7, 11) is 1.77. The van der Waals surface area contributed by atoms with E-state index in [9.17, 15) is 15.3 Å². The minimum atomic E-state index is -1.21. The van der Waals surface area contributed by atoms with Crippen LogP contribution in [0.5, 0.6) is 0 Å². The second-order valence-corrected chi connectivity index (χ2v) is 6.30. The van der Waals surface area contributed by atoms with Gasteiger partial charge in [0.05, 0.1) is 12.8 Å². The molecule has 0 radical (unpaired) electrons. The lowest BCUT2D eigenvalue weighted by Crippen LogP contribution is -2.49. The highest BCUT2D eigenvalue weighted by Crippen LogP contribution is 2.26. The number of ether oxygens (including phenoxy) is 2. The maximum absolute atomic E-state index is 10.3. The highest BCUT2D eigenvalue weighted by Gasteiger charge is 2.47. The van der Waals surface area contributed by atoms with Gasteiger partial charge < -0.3 is 40.5 Å². The van der Waals surface area contributed by atoms with Gasteiger partial charge in [-0.3, -0.25) is 4.90 Å². The van der Waals surface area contributed by atoms with Gasteiger partial charge >= 0.3 is 0 Å². The van der Waals surface area contributed by atoms with Crippen LogP contribution in [0.25, 0.3) is 0 Å². The predicted octanol–water partition coefficient (Wildman–Crippen LogP) is -3.39. The van der Waals surface area contributed by atoms with Crippen LogP contribution in [0, 0.1) is 0 Å². The zero-order chi connectivity index (χ0) is 19.1. The van der Waals surface area contributed by atoms with Crippen LogP contribution in [0.1, 0.15) is 6.42 Å². The monoisotopic (exact) mass is 380 g/mol. The van der Waals surface area contributed by atoms with Gasteiger partial charge in [0, 0.05) is 19.4 Å². The molecule has 6 atom stereocenters. The number of nitrogens with zero attached hydrogens (tertiary/aromatic N) is 2. The van der Waals surface area contributed by atoms with Gasteiger partial charge in [0.2, 0.25) is 0 Å². The summed E-state index contributed by atoms with van der Waals surface area (Å²) in [4.78, 5) is 12.8. The molecule has 0 amide bonds. The molecule has 0 spiro atoms. The molecule has 0 aliphatic carbocycles. The maximum Gasteiger partial charge on any atom is 0.284 e. The number of likely N-dealkylation sites (N-methyl/N-ethyl adjacent to an activating group) is 1. The van der Waals surface area contributed by atoms with Crippen molar-refractivity contribution in [3.05, 3.63) is 12.3 Å². The number of hydrogen-bond acceptors (Lipinski definition) is 10. The minimum absolute atomic E-state index is 0.0133. The van der Waals surface area contributed by atoms with Gasteiger partial charge in [0.25, 0.3) is 6.79 Å². The van der Waals surface area contributed by atoms with E-state index in [0.717, 1.165) is 0 Å². The third-order valence-corrected chi connectivity index (χ3v) is 4.31. The van der Waals surface area contributed by atoms with Crippen LogP contribution in [0.4, 0.5) is 0 Å². The highest BCUT2D eigenvalue weighted by molar-refractivity contribution is 5.00. The largest absolute Gasteiger partial charge is 0.408 e. The van der Waals surface area contributed by atoms with Crippen LogP contribution in [-0.2, 0) is 14.5 Å². The predicted molar refractivity (Wildman–Crippen MR) is 89.0 cm³/mol. The fraction of sp³-hybridized carbons (Fsp3) is 0.867. The molecule has 1 saturated heterocycles. The van der Waals surface area contributed by atoms with Crippen molar-refractivity contribution in [2.75, 3.05) is 40.2 Å². The van der Waals surface area contributed by atoms with Crippen molar-refractivity contribution in [3.8, 4) is 0 Å². The number of rotatable bonds is 9. The maximum atomic E-state index is 10.3. The molecule has 1 unspecified atom stereocenters. The summed E-state index contributed by atoms with van der Waals surface area (Å²) in [5.74, 6) is 0. The van der Waals surface area contributed by atoms with Crippen LogP contribution >= 0.6 is 0 Å². The lowest BCUT2D eigenvalue weighted by atomic mass is 10.1. The lowest BCUT2D eigenvalue weighted by Gasteiger charge is -2.33. The van der Waals surface area contributed by atoms with E-state index in [1.165, 1.54) is 4.90 Å². The molecule has 0 aromatic carbocycles. The molecule has 0 aromatic rings. The van der Waals surface area contributed by atoms with Crippen LogP contribution in [0.3, 0.4) is 0 Å². The number of nitrogens with two attached hydrogens (primary N) is 1. The van der Waals surface area contributed by atoms with Crippen molar-refractivity contribution in [1.29, 1.82) is 0 Å². The number of hydrogen-bond donors (Lipinski definition) is 5. The zero-order valence-corrected chi connectivity index (χ0v) is 14.8. The Morgan fingerprint density at radius 3 is 2.77 bits per heavy atom. The van der Waals surface area contributed by atoms with Crippen molar-refractivity contribution in [2.24, 2.45) is 5.73 Å². The third-order valence-electron chi connectivity index (χ3n) is 4.31. The van der Waals surface area contributed by atoms with Crippen LogP contribution < -0.4 is 5.73 Å². The molecule has 11 nitrogen and oxygen atoms in total. The van der Waals surface area contributed by atoms with Gasteiger partial charge in [0.1, 0.15) is 18.4 Å². The molecule has 152 valence electrons. The van der Waals surface area contributed by atoms with E-state index in [2.05, 4.69) is 4.74 Å². The summed E-state index contributed by atoms with van der Waals surface area (Å²) < 4.78 is 9.74. The summed E-state index contributed by atoms with van der Waals surface area (Å²) in [6.07, 6.45) is -1.65. The van der Waals surface area contributed by atoms with Gasteiger partial charge in [-0.05, 0) is 19.5 Å². The van der Waals surface area contributed by atoms with E-state index in [-0.39, 0.29) is 39.3 Å². The second kappa shape index (κ2) is 10.5. The first-order valence-corrected chi connectivity index (χ1v) is 8.55. The molecule has 11 heteroatoms. The summed E-state index contributed by atoms with van der Waals surface area (Å²) in [5, 5.41) is 39.4. The van der Waals surface area contributed by atoms with E-state index in [0.29, 0.717) is 6.42 Å². The van der Waals surface area contributed by atoms with E-state index >= 15 is 0 Å². The number of aliphatic hydroxyl groups excluding tert-OH is 4. The smallest absolute Gasteiger partial charge is 0.284 e. The van der Waals surface area contributed by atoms with Gasteiger partial charge in [-0.25, -0.2) is 4.89 Å². The fourth-order valence-electron chi connectivity index (χ4n) is 2.73. The summed E-state index contributed by atoms with van der Waals surface area (Å²) in [5.41, 5.74) is 5.91. The molecule has 0 saturated carbocycles. The molecular formula is C15H30N3O8+. The quantitative estimate of drug-likeness (QED) is 0.0899. The highest BCUT2D eigenvalue weighted by atomic mass is 17.2. The summed E-state index contributed by atoms with van der Waals surface area (Å²) in [6.45, 7) is 0.547. The van der Waals surface area contributed by atoms with E-state index in [4.69, 9.17) is 25.4 Å². The second-order valence-electron chi connectivity index (χ2n) is 6.30. The van der Waals surface area contributed by atoms with Gasteiger partial charge in [-0.2, -0.15) is 4.89 Å². The molecule has 26 heavy (non-hydrogen) atoms. The van der Waals surface area contributed by atoms with Crippen molar-refractivity contribution in [2.45, 2.75) is 43.4 Å². The Bertz CT molecular complexity index is 443. The van der Waals surface area contributed by atoms with Crippen molar-refractivity contribution in [1.82, 2.24) is 9.80 Å². The first-order valence-electron chi connectivity index (χ1n) is 8.55. The van der Waals surface area contributed by atoms with Gasteiger partial charge in [-0.1, -0.05) is 0 Å². The molecule has 7 N–H and O–H groups in total. The Hall–Kier alpha value is -0.860. The molecule has 2 heterocycles. The third kappa shape index (κ3) is 5.57. The van der Waals surface area contributed by atoms with E-state index in [1.807, 2.05) is 0 Å². The molecule has 2 rings (SSSR count). The standard InChI is InChI=1S/C15H29N3O8/c1-17-7-12(20)18(4-3-11(17)16)15-14(22)13(21)10(26-15)8-23-9-25-24-6-2-5-19/h3-4,10-15,19-22H,2,5-9,16H2,1H3/p+1/t10-,11?,12-,13-,14+,15-/m1/s1.